The Morgan fingerprint density at radius 1 is 1.13 bits per heavy atom. The molecule has 2 aromatic rings. The summed E-state index contributed by atoms with van der Waals surface area (Å²) in [5, 5.41) is 16.2. The van der Waals surface area contributed by atoms with Gasteiger partial charge >= 0.3 is 5.97 Å². The Hall–Kier alpha value is -3.51. The number of nitrogens with zero attached hydrogens (tertiary/aromatic N) is 1. The van der Waals surface area contributed by atoms with Crippen molar-refractivity contribution in [2.45, 2.75) is 11.8 Å². The van der Waals surface area contributed by atoms with Crippen molar-refractivity contribution in [1.29, 1.82) is 0 Å². The van der Waals surface area contributed by atoms with E-state index in [4.69, 9.17) is 4.74 Å². The summed E-state index contributed by atoms with van der Waals surface area (Å²) < 4.78 is 31.3. The molecule has 1 amide bonds. The summed E-state index contributed by atoms with van der Waals surface area (Å²) in [4.78, 5) is 33.5. The first-order valence-corrected chi connectivity index (χ1v) is 10.1. The van der Waals surface area contributed by atoms with Gasteiger partial charge in [0.1, 0.15) is 12.2 Å². The Bertz CT molecular complexity index is 1050. The van der Waals surface area contributed by atoms with Gasteiger partial charge in [0.05, 0.1) is 9.82 Å². The number of esters is 1. The maximum absolute atomic E-state index is 12.3. The molecule has 2 aromatic carbocycles. The van der Waals surface area contributed by atoms with Crippen molar-refractivity contribution >= 4 is 39.0 Å². The molecule has 12 heteroatoms. The van der Waals surface area contributed by atoms with Crippen molar-refractivity contribution < 1.29 is 27.7 Å². The third-order valence-corrected chi connectivity index (χ3v) is 5.25. The molecule has 0 radical (unpaired) electrons. The molecular formula is C18H20N4O7S. The second-order valence-corrected chi connectivity index (χ2v) is 7.85. The smallest absolute Gasteiger partial charge is 0.321 e. The lowest BCUT2D eigenvalue weighted by Crippen LogP contribution is -2.32. The van der Waals surface area contributed by atoms with Gasteiger partial charge in [-0.05, 0) is 31.2 Å². The van der Waals surface area contributed by atoms with Gasteiger partial charge in [-0.1, -0.05) is 17.7 Å². The summed E-state index contributed by atoms with van der Waals surface area (Å²) in [7, 11) is -2.75. The van der Waals surface area contributed by atoms with Gasteiger partial charge in [0, 0.05) is 18.8 Å². The summed E-state index contributed by atoms with van der Waals surface area (Å²) >= 11 is 0. The summed E-state index contributed by atoms with van der Waals surface area (Å²) in [5.74, 6) is -1.58. The van der Waals surface area contributed by atoms with E-state index in [1.54, 1.807) is 24.3 Å². The van der Waals surface area contributed by atoms with E-state index in [0.717, 1.165) is 17.7 Å². The number of nitro groups is 1. The van der Waals surface area contributed by atoms with Crippen LogP contribution in [0.1, 0.15) is 5.56 Å². The highest BCUT2D eigenvalue weighted by atomic mass is 32.2. The summed E-state index contributed by atoms with van der Waals surface area (Å²) in [6.07, 6.45) is 0. The summed E-state index contributed by atoms with van der Waals surface area (Å²) in [6.45, 7) is 0.542. The topological polar surface area (TPSA) is 157 Å². The van der Waals surface area contributed by atoms with Crippen LogP contribution in [0.25, 0.3) is 0 Å². The van der Waals surface area contributed by atoms with Crippen molar-refractivity contribution in [3.05, 3.63) is 58.1 Å². The van der Waals surface area contributed by atoms with Crippen molar-refractivity contribution in [3.8, 4) is 0 Å². The molecule has 0 unspecified atom stereocenters. The number of anilines is 2. The molecule has 160 valence electrons. The van der Waals surface area contributed by atoms with Crippen molar-refractivity contribution in [2.75, 3.05) is 30.8 Å². The lowest BCUT2D eigenvalue weighted by atomic mass is 10.2. The van der Waals surface area contributed by atoms with Gasteiger partial charge in [-0.3, -0.25) is 19.7 Å². The molecule has 2 rings (SSSR count). The molecule has 0 spiro atoms. The van der Waals surface area contributed by atoms with Gasteiger partial charge in [0.15, 0.2) is 6.61 Å². The molecule has 0 aliphatic carbocycles. The van der Waals surface area contributed by atoms with Crippen molar-refractivity contribution in [1.82, 2.24) is 4.72 Å². The number of carbonyl (C=O) groups is 2. The minimum absolute atomic E-state index is 0.137. The number of nitro benzene ring substituents is 1. The fourth-order valence-electron chi connectivity index (χ4n) is 2.31. The zero-order valence-corrected chi connectivity index (χ0v) is 17.0. The third kappa shape index (κ3) is 6.25. The highest BCUT2D eigenvalue weighted by Crippen LogP contribution is 2.26. The lowest BCUT2D eigenvalue weighted by molar-refractivity contribution is -0.384. The van der Waals surface area contributed by atoms with Crippen LogP contribution in [0.15, 0.2) is 47.4 Å². The molecule has 0 saturated carbocycles. The normalized spacial score (nSPS) is 10.9. The van der Waals surface area contributed by atoms with Crippen LogP contribution in [0.3, 0.4) is 0 Å². The molecule has 30 heavy (non-hydrogen) atoms. The molecule has 0 aromatic heterocycles. The van der Waals surface area contributed by atoms with Crippen LogP contribution < -0.4 is 15.4 Å². The van der Waals surface area contributed by atoms with Crippen LogP contribution in [0.5, 0.6) is 0 Å². The molecule has 0 atom stereocenters. The molecule has 3 N–H and O–H groups in total. The van der Waals surface area contributed by atoms with E-state index in [2.05, 4.69) is 10.6 Å². The highest BCUT2D eigenvalue weighted by molar-refractivity contribution is 7.89. The first kappa shape index (κ1) is 22.8. The Kier molecular flexibility index (Phi) is 7.44. The number of aryl methyl sites for hydroxylation is 1. The SMILES string of the molecule is CNc1ccc(S(=O)(=O)NCC(=O)OCC(=O)Nc2ccc(C)cc2)cc1[N+](=O)[O-]. The quantitative estimate of drug-likeness (QED) is 0.302. The largest absolute Gasteiger partial charge is 0.455 e. The molecule has 0 heterocycles. The van der Waals surface area contributed by atoms with Crippen LogP contribution in [0.2, 0.25) is 0 Å². The van der Waals surface area contributed by atoms with Crippen LogP contribution in [-0.4, -0.2) is 45.4 Å². The predicted octanol–water partition coefficient (Wildman–Crippen LogP) is 1.41. The molecule has 0 fully saturated rings. The van der Waals surface area contributed by atoms with Gasteiger partial charge in [-0.2, -0.15) is 4.72 Å². The number of nitrogens with one attached hydrogen (secondary N) is 3. The first-order valence-electron chi connectivity index (χ1n) is 8.60. The van der Waals surface area contributed by atoms with Gasteiger partial charge in [0.2, 0.25) is 10.0 Å². The van der Waals surface area contributed by atoms with E-state index >= 15 is 0 Å². The van der Waals surface area contributed by atoms with Crippen LogP contribution in [0.4, 0.5) is 17.1 Å². The lowest BCUT2D eigenvalue weighted by Gasteiger charge is -2.09. The van der Waals surface area contributed by atoms with Gasteiger partial charge in [-0.25, -0.2) is 8.42 Å². The zero-order chi connectivity index (χ0) is 22.3. The molecule has 11 nitrogen and oxygen atoms in total. The monoisotopic (exact) mass is 436 g/mol. The number of rotatable bonds is 9. The Balaban J connectivity index is 1.90. The first-order chi connectivity index (χ1) is 14.1. The summed E-state index contributed by atoms with van der Waals surface area (Å²) in [5.41, 5.74) is 1.24. The number of benzene rings is 2. The fourth-order valence-corrected chi connectivity index (χ4v) is 3.30. The van der Waals surface area contributed by atoms with E-state index in [1.807, 2.05) is 11.6 Å². The van der Waals surface area contributed by atoms with Gasteiger partial charge < -0.3 is 15.4 Å². The van der Waals surface area contributed by atoms with Gasteiger partial charge in [0.25, 0.3) is 11.6 Å². The minimum atomic E-state index is -4.21. The number of amides is 1. The molecule has 0 saturated heterocycles. The van der Waals surface area contributed by atoms with Crippen LogP contribution in [0, 0.1) is 17.0 Å². The zero-order valence-electron chi connectivity index (χ0n) is 16.2. The van der Waals surface area contributed by atoms with E-state index in [9.17, 15) is 28.1 Å². The average Bonchev–Trinajstić information content (AvgIpc) is 2.72. The number of hydrogen-bond acceptors (Lipinski definition) is 8. The van der Waals surface area contributed by atoms with E-state index in [0.29, 0.717) is 5.69 Å². The maximum atomic E-state index is 12.3. The number of ether oxygens (including phenoxy) is 1. The fraction of sp³-hybridized carbons (Fsp3) is 0.222. The number of sulfonamides is 1. The Labute approximate surface area is 172 Å². The Morgan fingerprint density at radius 3 is 2.40 bits per heavy atom. The van der Waals surface area contributed by atoms with Crippen LogP contribution in [-0.2, 0) is 24.3 Å². The average molecular weight is 436 g/mol. The molecule has 0 aliphatic rings. The predicted molar refractivity (Wildman–Crippen MR) is 109 cm³/mol. The second kappa shape index (κ2) is 9.80. The molecule has 0 bridgehead atoms. The Morgan fingerprint density at radius 2 is 1.80 bits per heavy atom. The van der Waals surface area contributed by atoms with Crippen LogP contribution >= 0.6 is 0 Å². The standard InChI is InChI=1S/C18H20N4O7S/c1-12-3-5-13(6-4-12)21-17(23)11-29-18(24)10-20-30(27,28)14-7-8-15(19-2)16(9-14)22(25)26/h3-9,19-20H,10-11H2,1-2H3,(H,21,23). The molecule has 0 aliphatic heterocycles. The second-order valence-electron chi connectivity index (χ2n) is 6.09. The van der Waals surface area contributed by atoms with Gasteiger partial charge in [-0.15, -0.1) is 0 Å². The highest BCUT2D eigenvalue weighted by Gasteiger charge is 2.22. The number of carbonyl (C=O) groups excluding carboxylic acids is 2. The van der Waals surface area contributed by atoms with Crippen molar-refractivity contribution in [2.24, 2.45) is 0 Å². The third-order valence-electron chi connectivity index (χ3n) is 3.85. The number of hydrogen-bond donors (Lipinski definition) is 3. The van der Waals surface area contributed by atoms with Crippen molar-refractivity contribution in [3.63, 3.8) is 0 Å². The maximum Gasteiger partial charge on any atom is 0.321 e. The van der Waals surface area contributed by atoms with E-state index < -0.39 is 50.6 Å². The molecular weight excluding hydrogens is 416 g/mol. The minimum Gasteiger partial charge on any atom is -0.455 e. The van der Waals surface area contributed by atoms with E-state index in [-0.39, 0.29) is 5.69 Å². The van der Waals surface area contributed by atoms with E-state index in [1.165, 1.54) is 13.1 Å². The summed E-state index contributed by atoms with van der Waals surface area (Å²) in [6, 6.07) is 10.2.